The molecule has 8 nitrogen and oxygen atoms in total. The van der Waals surface area contributed by atoms with Crippen LogP contribution in [0.25, 0.3) is 0 Å². The fourth-order valence-electron chi connectivity index (χ4n) is 3.13. The highest BCUT2D eigenvalue weighted by Gasteiger charge is 2.44. The van der Waals surface area contributed by atoms with Crippen molar-refractivity contribution in [2.45, 2.75) is 84.8 Å². The van der Waals surface area contributed by atoms with Crippen LogP contribution in [0.15, 0.2) is 0 Å². The number of rotatable bonds is 5. The number of hydrogen-bond acceptors (Lipinski definition) is 6. The van der Waals surface area contributed by atoms with Crippen molar-refractivity contribution in [3.05, 3.63) is 17.0 Å². The largest absolute Gasteiger partial charge is 0.461 e. The van der Waals surface area contributed by atoms with Gasteiger partial charge in [-0.3, -0.25) is 9.58 Å². The Balaban J connectivity index is 2.41. The van der Waals surface area contributed by atoms with Gasteiger partial charge in [-0.15, -0.1) is 0 Å². The van der Waals surface area contributed by atoms with E-state index in [-0.39, 0.29) is 29.9 Å². The second-order valence-corrected chi connectivity index (χ2v) is 15.1. The Bertz CT molecular complexity index is 805. The van der Waals surface area contributed by atoms with E-state index < -0.39 is 26.0 Å². The van der Waals surface area contributed by atoms with Gasteiger partial charge in [0.25, 0.3) is 0 Å². The fourth-order valence-corrected chi connectivity index (χ4v) is 4.14. The maximum atomic E-state index is 13.0. The molecule has 1 aliphatic rings. The van der Waals surface area contributed by atoms with Gasteiger partial charge in [0, 0.05) is 12.6 Å². The van der Waals surface area contributed by atoms with Gasteiger partial charge in [-0.25, -0.2) is 9.59 Å². The van der Waals surface area contributed by atoms with Gasteiger partial charge < -0.3 is 13.9 Å². The molecule has 0 saturated carbocycles. The van der Waals surface area contributed by atoms with Crippen LogP contribution in [0, 0.1) is 0 Å². The number of aryl methyl sites for hydroxylation is 1. The van der Waals surface area contributed by atoms with E-state index >= 15 is 0 Å². The fraction of sp³-hybridized carbons (Fsp3) is 0.762. The summed E-state index contributed by atoms with van der Waals surface area (Å²) in [7, 11) is -0.273. The first-order chi connectivity index (χ1) is 13.6. The van der Waals surface area contributed by atoms with Gasteiger partial charge >= 0.3 is 12.1 Å². The van der Waals surface area contributed by atoms with Crippen LogP contribution in [-0.2, 0) is 27.5 Å². The van der Waals surface area contributed by atoms with Crippen LogP contribution in [-0.4, -0.2) is 53.9 Å². The molecule has 9 heteroatoms. The zero-order valence-corrected chi connectivity index (χ0v) is 21.1. The Morgan fingerprint density at radius 1 is 1.17 bits per heavy atom. The van der Waals surface area contributed by atoms with Crippen molar-refractivity contribution < 1.29 is 23.5 Å². The lowest BCUT2D eigenvalue weighted by Gasteiger charge is -2.38. The van der Waals surface area contributed by atoms with Gasteiger partial charge in [-0.2, -0.15) is 5.10 Å². The number of aromatic nitrogens is 2. The molecule has 0 bridgehead atoms. The van der Waals surface area contributed by atoms with Gasteiger partial charge in [0.1, 0.15) is 5.60 Å². The van der Waals surface area contributed by atoms with Crippen LogP contribution in [0.3, 0.4) is 0 Å². The molecule has 30 heavy (non-hydrogen) atoms. The molecule has 0 aromatic carbocycles. The summed E-state index contributed by atoms with van der Waals surface area (Å²) in [5.74, 6) is -0.482. The van der Waals surface area contributed by atoms with E-state index in [1.54, 1.807) is 23.6 Å². The Morgan fingerprint density at radius 2 is 1.77 bits per heavy atom. The number of amides is 1. The standard InChI is InChI=1S/C21H37N3O5Si/c1-11-27-18(25)16-14-12-24(19(26)29-20(2,3)4)15(17(14)23(8)22-16)13-28-30(9,10)21(5,6)7/h15H,11-13H2,1-10H3. The molecule has 1 unspecified atom stereocenters. The molecule has 1 amide bonds. The molecule has 1 aliphatic heterocycles. The minimum Gasteiger partial charge on any atom is -0.461 e. The third-order valence-electron chi connectivity index (χ3n) is 5.72. The molecule has 0 fully saturated rings. The average Bonchev–Trinajstić information content (AvgIpc) is 3.09. The molecule has 170 valence electrons. The van der Waals surface area contributed by atoms with Crippen molar-refractivity contribution in [3.63, 3.8) is 0 Å². The van der Waals surface area contributed by atoms with E-state index in [0.29, 0.717) is 12.2 Å². The molecule has 1 atom stereocenters. The maximum Gasteiger partial charge on any atom is 0.411 e. The SMILES string of the molecule is CCOC(=O)c1nn(C)c2c1CN(C(=O)OC(C)(C)C)C2CO[Si](C)(C)C(C)(C)C. The van der Waals surface area contributed by atoms with E-state index in [2.05, 4.69) is 39.0 Å². The van der Waals surface area contributed by atoms with Crippen LogP contribution in [0.2, 0.25) is 18.1 Å². The Labute approximate surface area is 181 Å². The van der Waals surface area contributed by atoms with Crippen molar-refractivity contribution in [1.29, 1.82) is 0 Å². The van der Waals surface area contributed by atoms with E-state index in [4.69, 9.17) is 13.9 Å². The summed E-state index contributed by atoms with van der Waals surface area (Å²) < 4.78 is 18.9. The summed E-state index contributed by atoms with van der Waals surface area (Å²) in [6.07, 6.45) is -0.433. The average molecular weight is 440 g/mol. The van der Waals surface area contributed by atoms with Crippen LogP contribution in [0.1, 0.15) is 76.3 Å². The maximum absolute atomic E-state index is 13.0. The second kappa shape index (κ2) is 8.34. The van der Waals surface area contributed by atoms with Gasteiger partial charge in [-0.1, -0.05) is 20.8 Å². The number of nitrogens with zero attached hydrogens (tertiary/aromatic N) is 3. The second-order valence-electron chi connectivity index (χ2n) is 10.3. The molecule has 1 aromatic rings. The minimum atomic E-state index is -2.05. The minimum absolute atomic E-state index is 0.0355. The highest BCUT2D eigenvalue weighted by molar-refractivity contribution is 6.74. The summed E-state index contributed by atoms with van der Waals surface area (Å²) in [5, 5.41) is 4.42. The van der Waals surface area contributed by atoms with Gasteiger partial charge in [0.05, 0.1) is 31.5 Å². The smallest absolute Gasteiger partial charge is 0.411 e. The van der Waals surface area contributed by atoms with Crippen molar-refractivity contribution in [2.24, 2.45) is 7.05 Å². The predicted molar refractivity (Wildman–Crippen MR) is 117 cm³/mol. The predicted octanol–water partition coefficient (Wildman–Crippen LogP) is 4.41. The molecule has 0 N–H and O–H groups in total. The van der Waals surface area contributed by atoms with Crippen LogP contribution in [0.4, 0.5) is 4.79 Å². The lowest BCUT2D eigenvalue weighted by Crippen LogP contribution is -2.44. The Morgan fingerprint density at radius 3 is 2.27 bits per heavy atom. The van der Waals surface area contributed by atoms with Gasteiger partial charge in [0.15, 0.2) is 14.0 Å². The zero-order chi connectivity index (χ0) is 23.1. The quantitative estimate of drug-likeness (QED) is 0.499. The van der Waals surface area contributed by atoms with Crippen LogP contribution < -0.4 is 0 Å². The topological polar surface area (TPSA) is 82.9 Å². The van der Waals surface area contributed by atoms with E-state index in [1.807, 2.05) is 20.8 Å². The van der Waals surface area contributed by atoms with Crippen molar-refractivity contribution in [3.8, 4) is 0 Å². The normalized spacial score (nSPS) is 17.1. The molecular weight excluding hydrogens is 402 g/mol. The molecule has 2 rings (SSSR count). The molecule has 0 saturated heterocycles. The van der Waals surface area contributed by atoms with Gasteiger partial charge in [0.2, 0.25) is 0 Å². The van der Waals surface area contributed by atoms with Crippen LogP contribution in [0.5, 0.6) is 0 Å². The molecule has 2 heterocycles. The van der Waals surface area contributed by atoms with Gasteiger partial charge in [-0.05, 0) is 45.8 Å². The summed E-state index contributed by atoms with van der Waals surface area (Å²) in [6, 6.07) is -0.385. The molecule has 1 aromatic heterocycles. The third kappa shape index (κ3) is 5.05. The number of fused-ring (bicyclic) bond motifs is 1. The first-order valence-corrected chi connectivity index (χ1v) is 13.4. The lowest BCUT2D eigenvalue weighted by molar-refractivity contribution is 0.0107. The number of ether oxygens (including phenoxy) is 2. The lowest BCUT2D eigenvalue weighted by atomic mass is 10.1. The van der Waals surface area contributed by atoms with Crippen LogP contribution >= 0.6 is 0 Å². The highest BCUT2D eigenvalue weighted by atomic mass is 28.4. The molecule has 0 radical (unpaired) electrons. The van der Waals surface area contributed by atoms with E-state index in [1.165, 1.54) is 0 Å². The highest BCUT2D eigenvalue weighted by Crippen LogP contribution is 2.41. The zero-order valence-electron chi connectivity index (χ0n) is 20.1. The number of hydrogen-bond donors (Lipinski definition) is 0. The van der Waals surface area contributed by atoms with Crippen molar-refractivity contribution in [2.75, 3.05) is 13.2 Å². The Hall–Kier alpha value is -1.87. The van der Waals surface area contributed by atoms with E-state index in [0.717, 1.165) is 5.69 Å². The Kier molecular flexibility index (Phi) is 6.78. The molecule has 0 aliphatic carbocycles. The van der Waals surface area contributed by atoms with Crippen molar-refractivity contribution >= 4 is 20.4 Å². The first-order valence-electron chi connectivity index (χ1n) is 10.5. The molecule has 0 spiro atoms. The van der Waals surface area contributed by atoms with Crippen molar-refractivity contribution in [1.82, 2.24) is 14.7 Å². The summed E-state index contributed by atoms with van der Waals surface area (Å²) in [6.45, 7) is 18.9. The number of carbonyl (C=O) groups is 2. The molecular formula is C21H37N3O5Si. The number of esters is 1. The summed E-state index contributed by atoms with van der Waals surface area (Å²) in [4.78, 5) is 27.0. The summed E-state index contributed by atoms with van der Waals surface area (Å²) in [5.41, 5.74) is 1.12. The first kappa shape index (κ1) is 24.4. The van der Waals surface area contributed by atoms with E-state index in [9.17, 15) is 9.59 Å². The third-order valence-corrected chi connectivity index (χ3v) is 10.2. The summed E-state index contributed by atoms with van der Waals surface area (Å²) >= 11 is 0. The monoisotopic (exact) mass is 439 g/mol. The number of carbonyl (C=O) groups excluding carboxylic acids is 2.